The Bertz CT molecular complexity index is 197. The van der Waals surface area contributed by atoms with Crippen LogP contribution in [0.4, 0.5) is 0 Å². The van der Waals surface area contributed by atoms with Gasteiger partial charge in [0.15, 0.2) is 0 Å². The predicted octanol–water partition coefficient (Wildman–Crippen LogP) is 0.793. The van der Waals surface area contributed by atoms with Crippen LogP contribution in [0.5, 0.6) is 0 Å². The van der Waals surface area contributed by atoms with Gasteiger partial charge in [-0.3, -0.25) is 4.79 Å². The van der Waals surface area contributed by atoms with Crippen molar-refractivity contribution in [2.45, 2.75) is 19.4 Å². The molecule has 1 amide bonds. The van der Waals surface area contributed by atoms with Crippen molar-refractivity contribution < 1.29 is 4.79 Å². The fraction of sp³-hybridized carbons (Fsp3) is 0.625. The number of rotatable bonds is 2. The molecule has 2 rings (SSSR count). The Morgan fingerprint density at radius 2 is 2.40 bits per heavy atom. The van der Waals surface area contributed by atoms with Crippen LogP contribution in [-0.4, -0.2) is 23.4 Å². The molecule has 2 nitrogen and oxygen atoms in total. The van der Waals surface area contributed by atoms with Crippen LogP contribution in [0, 0.1) is 5.92 Å². The van der Waals surface area contributed by atoms with Gasteiger partial charge in [-0.2, -0.15) is 0 Å². The first kappa shape index (κ1) is 5.96. The van der Waals surface area contributed by atoms with Crippen LogP contribution in [0.1, 0.15) is 13.3 Å². The van der Waals surface area contributed by atoms with E-state index in [0.29, 0.717) is 11.9 Å². The van der Waals surface area contributed by atoms with E-state index < -0.39 is 0 Å². The van der Waals surface area contributed by atoms with Crippen molar-refractivity contribution in [3.05, 3.63) is 12.2 Å². The molecular weight excluding hydrogens is 126 g/mol. The van der Waals surface area contributed by atoms with Gasteiger partial charge in [-0.25, -0.2) is 0 Å². The topological polar surface area (TPSA) is 20.3 Å². The third-order valence-corrected chi connectivity index (χ3v) is 2.28. The first-order valence-corrected chi connectivity index (χ1v) is 3.83. The lowest BCUT2D eigenvalue weighted by atomic mass is 9.78. The van der Waals surface area contributed by atoms with Crippen molar-refractivity contribution in [2.75, 3.05) is 6.54 Å². The van der Waals surface area contributed by atoms with E-state index in [9.17, 15) is 4.79 Å². The SMILES string of the molecule is CCCN1C(=O)[C@@H]2C=C[C@H]21. The largest absolute Gasteiger partial charge is 0.335 e. The molecule has 0 N–H and O–H groups in total. The Hall–Kier alpha value is -0.790. The molecule has 1 aliphatic carbocycles. The van der Waals surface area contributed by atoms with Crippen molar-refractivity contribution in [3.63, 3.8) is 0 Å². The smallest absolute Gasteiger partial charge is 0.232 e. The van der Waals surface area contributed by atoms with Crippen molar-refractivity contribution in [1.29, 1.82) is 0 Å². The summed E-state index contributed by atoms with van der Waals surface area (Å²) >= 11 is 0. The number of β-lactam (4-membered cyclic amide) rings is 1. The van der Waals surface area contributed by atoms with Crippen LogP contribution in [0.3, 0.4) is 0 Å². The van der Waals surface area contributed by atoms with E-state index in [2.05, 4.69) is 13.0 Å². The van der Waals surface area contributed by atoms with Gasteiger partial charge in [0.2, 0.25) is 5.91 Å². The molecule has 0 aromatic carbocycles. The maximum atomic E-state index is 11.1. The average Bonchev–Trinajstić information content (AvgIpc) is 1.85. The summed E-state index contributed by atoms with van der Waals surface area (Å²) < 4.78 is 0. The Labute approximate surface area is 60.5 Å². The predicted molar refractivity (Wildman–Crippen MR) is 38.4 cm³/mol. The Kier molecular flexibility index (Phi) is 1.10. The van der Waals surface area contributed by atoms with Crippen molar-refractivity contribution in [2.24, 2.45) is 5.92 Å². The quantitative estimate of drug-likeness (QED) is 0.407. The molecule has 10 heavy (non-hydrogen) atoms. The number of amides is 1. The number of carbonyl (C=O) groups excluding carboxylic acids is 1. The third kappa shape index (κ3) is 0.516. The molecule has 0 saturated carbocycles. The summed E-state index contributed by atoms with van der Waals surface area (Å²) in [5.41, 5.74) is 0. The zero-order valence-corrected chi connectivity index (χ0v) is 6.08. The minimum Gasteiger partial charge on any atom is -0.335 e. The van der Waals surface area contributed by atoms with Crippen LogP contribution in [0.15, 0.2) is 12.2 Å². The van der Waals surface area contributed by atoms with Crippen LogP contribution < -0.4 is 0 Å². The maximum absolute atomic E-state index is 11.1. The Balaban J connectivity index is 2.00. The molecule has 1 saturated heterocycles. The van der Waals surface area contributed by atoms with Crippen LogP contribution in [-0.2, 0) is 4.79 Å². The first-order valence-electron chi connectivity index (χ1n) is 3.83. The van der Waals surface area contributed by atoms with Gasteiger partial charge in [0.05, 0.1) is 12.0 Å². The molecular formula is C8H11NO. The lowest BCUT2D eigenvalue weighted by Gasteiger charge is -2.49. The van der Waals surface area contributed by atoms with E-state index in [1.165, 1.54) is 0 Å². The van der Waals surface area contributed by atoms with Gasteiger partial charge in [-0.1, -0.05) is 19.1 Å². The number of hydrogen-bond donors (Lipinski definition) is 0. The van der Waals surface area contributed by atoms with E-state index in [1.807, 2.05) is 11.0 Å². The van der Waals surface area contributed by atoms with Crippen LogP contribution >= 0.6 is 0 Å². The highest BCUT2D eigenvalue weighted by Crippen LogP contribution is 2.35. The Morgan fingerprint density at radius 1 is 1.60 bits per heavy atom. The van der Waals surface area contributed by atoms with Crippen molar-refractivity contribution >= 4 is 5.91 Å². The number of carbonyl (C=O) groups is 1. The lowest BCUT2D eigenvalue weighted by Crippen LogP contribution is -2.62. The second-order valence-electron chi connectivity index (χ2n) is 2.93. The summed E-state index contributed by atoms with van der Waals surface area (Å²) in [5.74, 6) is 0.598. The zero-order chi connectivity index (χ0) is 7.14. The lowest BCUT2D eigenvalue weighted by molar-refractivity contribution is -0.151. The van der Waals surface area contributed by atoms with E-state index in [4.69, 9.17) is 0 Å². The summed E-state index contributed by atoms with van der Waals surface area (Å²) in [4.78, 5) is 13.0. The zero-order valence-electron chi connectivity index (χ0n) is 6.08. The number of likely N-dealkylation sites (tertiary alicyclic amines) is 1. The molecule has 2 atom stereocenters. The normalized spacial score (nSPS) is 34.9. The molecule has 0 aromatic rings. The molecule has 0 unspecified atom stereocenters. The summed E-state index contributed by atoms with van der Waals surface area (Å²) in [6, 6.07) is 0.479. The van der Waals surface area contributed by atoms with Gasteiger partial charge in [0, 0.05) is 6.54 Å². The monoisotopic (exact) mass is 137 g/mol. The minimum absolute atomic E-state index is 0.270. The molecule has 0 radical (unpaired) electrons. The maximum Gasteiger partial charge on any atom is 0.232 e. The first-order chi connectivity index (χ1) is 4.84. The van der Waals surface area contributed by atoms with Gasteiger partial charge in [0.25, 0.3) is 0 Å². The minimum atomic E-state index is 0.270. The molecule has 0 bridgehead atoms. The molecule has 0 spiro atoms. The summed E-state index contributed by atoms with van der Waals surface area (Å²) in [6.07, 6.45) is 5.18. The molecule has 2 aliphatic rings. The van der Waals surface area contributed by atoms with E-state index in [1.54, 1.807) is 0 Å². The Morgan fingerprint density at radius 3 is 2.80 bits per heavy atom. The second-order valence-corrected chi connectivity index (χ2v) is 2.93. The average molecular weight is 137 g/mol. The highest BCUT2D eigenvalue weighted by Gasteiger charge is 2.48. The van der Waals surface area contributed by atoms with Crippen LogP contribution in [0.25, 0.3) is 0 Å². The fourth-order valence-corrected chi connectivity index (χ4v) is 1.60. The standard InChI is InChI=1S/C8H11NO/c1-2-5-9-7-4-3-6(7)8(9)10/h3-4,6-7H,2,5H2,1H3/t6-,7-/m1/s1. The number of fused-ring (bicyclic) bond motifs is 1. The molecule has 1 aliphatic heterocycles. The van der Waals surface area contributed by atoms with E-state index in [-0.39, 0.29) is 5.92 Å². The summed E-state index contributed by atoms with van der Waals surface area (Å²) in [5, 5.41) is 0. The molecule has 0 aromatic heterocycles. The van der Waals surface area contributed by atoms with Crippen molar-refractivity contribution in [1.82, 2.24) is 4.90 Å². The molecule has 54 valence electrons. The third-order valence-electron chi connectivity index (χ3n) is 2.28. The van der Waals surface area contributed by atoms with Gasteiger partial charge >= 0.3 is 0 Å². The van der Waals surface area contributed by atoms with Gasteiger partial charge < -0.3 is 4.90 Å². The molecule has 2 heteroatoms. The number of nitrogens with zero attached hydrogens (tertiary/aromatic N) is 1. The van der Waals surface area contributed by atoms with Crippen molar-refractivity contribution in [3.8, 4) is 0 Å². The van der Waals surface area contributed by atoms with E-state index in [0.717, 1.165) is 13.0 Å². The fourth-order valence-electron chi connectivity index (χ4n) is 1.60. The molecule has 1 heterocycles. The highest BCUT2D eigenvalue weighted by atomic mass is 16.2. The second kappa shape index (κ2) is 1.84. The highest BCUT2D eigenvalue weighted by molar-refractivity contribution is 5.90. The van der Waals surface area contributed by atoms with Gasteiger partial charge in [-0.05, 0) is 6.42 Å². The van der Waals surface area contributed by atoms with E-state index >= 15 is 0 Å². The summed E-state index contributed by atoms with van der Waals surface area (Å²) in [7, 11) is 0. The van der Waals surface area contributed by atoms with Crippen LogP contribution in [0.2, 0.25) is 0 Å². The van der Waals surface area contributed by atoms with Gasteiger partial charge in [-0.15, -0.1) is 0 Å². The molecule has 1 fully saturated rings. The van der Waals surface area contributed by atoms with Gasteiger partial charge in [0.1, 0.15) is 0 Å². The summed E-state index contributed by atoms with van der Waals surface area (Å²) in [6.45, 7) is 3.04. The number of hydrogen-bond acceptors (Lipinski definition) is 1.